The quantitative estimate of drug-likeness (QED) is 0.659. The van der Waals surface area contributed by atoms with E-state index in [9.17, 15) is 9.18 Å². The predicted molar refractivity (Wildman–Crippen MR) is 94.6 cm³/mol. The second-order valence-corrected chi connectivity index (χ2v) is 5.52. The number of carbonyl (C=O) groups excluding carboxylic acids is 1. The van der Waals surface area contributed by atoms with Crippen molar-refractivity contribution in [2.75, 3.05) is 21.3 Å². The highest BCUT2D eigenvalue weighted by atomic mass is 19.1. The maximum Gasteiger partial charge on any atom is 0.297 e. The number of aromatic nitrogens is 2. The van der Waals surface area contributed by atoms with Crippen LogP contribution >= 0.6 is 0 Å². The van der Waals surface area contributed by atoms with Crippen molar-refractivity contribution < 1.29 is 18.8 Å². The van der Waals surface area contributed by atoms with Gasteiger partial charge in [0, 0.05) is 18.9 Å². The number of benzene rings is 2. The topological polar surface area (TPSA) is 56.6 Å². The van der Waals surface area contributed by atoms with Crippen LogP contribution in [0, 0.1) is 5.82 Å². The number of amides is 1. The van der Waals surface area contributed by atoms with Crippen molar-refractivity contribution in [3.63, 3.8) is 0 Å². The van der Waals surface area contributed by atoms with E-state index in [0.29, 0.717) is 16.9 Å². The average Bonchev–Trinajstić information content (AvgIpc) is 3.16. The number of carbonyl (C=O) groups is 1. The summed E-state index contributed by atoms with van der Waals surface area (Å²) in [7, 11) is 4.41. The zero-order chi connectivity index (χ0) is 18.7. The first kappa shape index (κ1) is 17.6. The Morgan fingerprint density at radius 3 is 2.69 bits per heavy atom. The third-order valence-electron chi connectivity index (χ3n) is 3.99. The lowest BCUT2D eigenvalue weighted by atomic mass is 10.0. The fraction of sp³-hybridized carbons (Fsp3) is 0.158. The molecule has 2 aromatic carbocycles. The van der Waals surface area contributed by atoms with Gasteiger partial charge >= 0.3 is 0 Å². The summed E-state index contributed by atoms with van der Waals surface area (Å²) in [5.74, 6) is -0.284. The van der Waals surface area contributed by atoms with Crippen LogP contribution in [0.5, 0.6) is 5.75 Å². The van der Waals surface area contributed by atoms with Crippen molar-refractivity contribution in [2.45, 2.75) is 0 Å². The van der Waals surface area contributed by atoms with Gasteiger partial charge in [0.15, 0.2) is 0 Å². The smallest absolute Gasteiger partial charge is 0.297 e. The molecular weight excluding hydrogens is 337 g/mol. The lowest BCUT2D eigenvalue weighted by Gasteiger charge is -2.12. The summed E-state index contributed by atoms with van der Waals surface area (Å²) >= 11 is 0. The van der Waals surface area contributed by atoms with Crippen LogP contribution in [-0.2, 0) is 4.84 Å². The Morgan fingerprint density at radius 1 is 1.19 bits per heavy atom. The Labute approximate surface area is 150 Å². The van der Waals surface area contributed by atoms with Crippen LogP contribution in [0.4, 0.5) is 4.39 Å². The molecule has 0 atom stereocenters. The molecule has 0 bridgehead atoms. The van der Waals surface area contributed by atoms with E-state index in [1.54, 1.807) is 41.1 Å². The molecule has 134 valence electrons. The number of nitrogens with zero attached hydrogens (tertiary/aromatic N) is 3. The molecule has 0 spiro atoms. The molecule has 6 nitrogen and oxygen atoms in total. The third kappa shape index (κ3) is 3.29. The molecule has 1 aromatic heterocycles. The van der Waals surface area contributed by atoms with Gasteiger partial charge in [0.05, 0.1) is 19.8 Å². The molecule has 0 saturated carbocycles. The van der Waals surface area contributed by atoms with Crippen molar-refractivity contribution in [1.29, 1.82) is 0 Å². The van der Waals surface area contributed by atoms with E-state index in [1.807, 2.05) is 6.07 Å². The van der Waals surface area contributed by atoms with Gasteiger partial charge in [-0.2, -0.15) is 0 Å². The maximum atomic E-state index is 14.3. The largest absolute Gasteiger partial charge is 0.496 e. The molecule has 0 unspecified atom stereocenters. The SMILES string of the molecule is COc1cccc(F)c1-c1cccc(-n2cnc(C(=O)N(C)OC)c2)c1. The van der Waals surface area contributed by atoms with Gasteiger partial charge in [0.1, 0.15) is 23.6 Å². The maximum absolute atomic E-state index is 14.3. The van der Waals surface area contributed by atoms with Gasteiger partial charge < -0.3 is 9.30 Å². The summed E-state index contributed by atoms with van der Waals surface area (Å²) in [6.45, 7) is 0. The van der Waals surface area contributed by atoms with Gasteiger partial charge in [-0.3, -0.25) is 9.63 Å². The molecule has 3 aromatic rings. The minimum absolute atomic E-state index is 0.239. The van der Waals surface area contributed by atoms with Crippen molar-refractivity contribution >= 4 is 5.91 Å². The van der Waals surface area contributed by atoms with Gasteiger partial charge in [0.2, 0.25) is 0 Å². The number of hydrogen-bond donors (Lipinski definition) is 0. The molecule has 1 amide bonds. The second-order valence-electron chi connectivity index (χ2n) is 5.52. The van der Waals surface area contributed by atoms with Gasteiger partial charge in [-0.05, 0) is 29.8 Å². The fourth-order valence-electron chi connectivity index (χ4n) is 2.60. The molecule has 0 saturated heterocycles. The first-order valence-corrected chi connectivity index (χ1v) is 7.84. The third-order valence-corrected chi connectivity index (χ3v) is 3.99. The van der Waals surface area contributed by atoms with E-state index >= 15 is 0 Å². The van der Waals surface area contributed by atoms with E-state index in [-0.39, 0.29) is 17.4 Å². The molecule has 0 fully saturated rings. The van der Waals surface area contributed by atoms with Crippen LogP contribution in [0.15, 0.2) is 55.0 Å². The van der Waals surface area contributed by atoms with Crippen LogP contribution in [0.2, 0.25) is 0 Å². The molecule has 3 rings (SSSR count). The average molecular weight is 355 g/mol. The Balaban J connectivity index is 1.99. The first-order chi connectivity index (χ1) is 12.5. The number of hydroxylamine groups is 2. The second kappa shape index (κ2) is 7.37. The zero-order valence-electron chi connectivity index (χ0n) is 14.6. The van der Waals surface area contributed by atoms with Crippen molar-refractivity contribution in [3.05, 3.63) is 66.5 Å². The van der Waals surface area contributed by atoms with Crippen LogP contribution in [-0.4, -0.2) is 41.8 Å². The zero-order valence-corrected chi connectivity index (χ0v) is 14.6. The molecule has 1 heterocycles. The molecule has 0 N–H and O–H groups in total. The Kier molecular flexibility index (Phi) is 4.99. The lowest BCUT2D eigenvalue weighted by molar-refractivity contribution is -0.0760. The van der Waals surface area contributed by atoms with Crippen LogP contribution < -0.4 is 4.74 Å². The van der Waals surface area contributed by atoms with Crippen molar-refractivity contribution in [2.24, 2.45) is 0 Å². The molecule has 0 aliphatic carbocycles. The number of ether oxygens (including phenoxy) is 1. The van der Waals surface area contributed by atoms with E-state index in [2.05, 4.69) is 4.98 Å². The number of methoxy groups -OCH3 is 1. The predicted octanol–water partition coefficient (Wildman–Crippen LogP) is 3.32. The van der Waals surface area contributed by atoms with Crippen LogP contribution in [0.3, 0.4) is 0 Å². The fourth-order valence-corrected chi connectivity index (χ4v) is 2.60. The lowest BCUT2D eigenvalue weighted by Crippen LogP contribution is -2.25. The highest BCUT2D eigenvalue weighted by Gasteiger charge is 2.16. The number of rotatable bonds is 5. The monoisotopic (exact) mass is 355 g/mol. The number of halogens is 1. The molecule has 0 aliphatic rings. The number of imidazole rings is 1. The van der Waals surface area contributed by atoms with Gasteiger partial charge in [-0.1, -0.05) is 18.2 Å². The molecule has 7 heteroatoms. The summed E-state index contributed by atoms with van der Waals surface area (Å²) in [4.78, 5) is 21.1. The number of hydrogen-bond acceptors (Lipinski definition) is 4. The Hall–Kier alpha value is -3.19. The highest BCUT2D eigenvalue weighted by Crippen LogP contribution is 2.33. The summed E-state index contributed by atoms with van der Waals surface area (Å²) in [6, 6.07) is 11.9. The summed E-state index contributed by atoms with van der Waals surface area (Å²) < 4.78 is 21.3. The van der Waals surface area contributed by atoms with E-state index < -0.39 is 0 Å². The molecule has 26 heavy (non-hydrogen) atoms. The molecule has 0 radical (unpaired) electrons. The Morgan fingerprint density at radius 2 is 1.96 bits per heavy atom. The first-order valence-electron chi connectivity index (χ1n) is 7.84. The summed E-state index contributed by atoms with van der Waals surface area (Å²) in [6.07, 6.45) is 3.12. The minimum Gasteiger partial charge on any atom is -0.496 e. The normalized spacial score (nSPS) is 10.6. The van der Waals surface area contributed by atoms with Crippen LogP contribution in [0.25, 0.3) is 16.8 Å². The summed E-state index contributed by atoms with van der Waals surface area (Å²) in [5, 5.41) is 1.09. The van der Waals surface area contributed by atoms with Crippen molar-refractivity contribution in [1.82, 2.24) is 14.6 Å². The van der Waals surface area contributed by atoms with E-state index in [0.717, 1.165) is 10.8 Å². The van der Waals surface area contributed by atoms with Gasteiger partial charge in [-0.25, -0.2) is 14.4 Å². The molecular formula is C19H18FN3O3. The molecule has 0 aliphatic heterocycles. The Bertz CT molecular complexity index is 939. The van der Waals surface area contributed by atoms with Crippen molar-refractivity contribution in [3.8, 4) is 22.6 Å². The van der Waals surface area contributed by atoms with E-state index in [1.165, 1.54) is 33.7 Å². The minimum atomic E-state index is -0.371. The standard InChI is InChI=1S/C19H18FN3O3/c1-22(26-3)19(24)16-11-23(12-21-16)14-7-4-6-13(10-14)18-15(20)8-5-9-17(18)25-2/h4-12H,1-3H3. The van der Waals surface area contributed by atoms with E-state index in [4.69, 9.17) is 9.57 Å². The summed E-state index contributed by atoms with van der Waals surface area (Å²) in [5.41, 5.74) is 2.02. The van der Waals surface area contributed by atoms with Crippen LogP contribution in [0.1, 0.15) is 10.5 Å². The van der Waals surface area contributed by atoms with Gasteiger partial charge in [0.25, 0.3) is 5.91 Å². The van der Waals surface area contributed by atoms with Gasteiger partial charge in [-0.15, -0.1) is 0 Å². The highest BCUT2D eigenvalue weighted by molar-refractivity contribution is 5.91.